The molecule has 0 bridgehead atoms. The van der Waals surface area contributed by atoms with Crippen molar-refractivity contribution in [3.63, 3.8) is 0 Å². The molecule has 0 spiro atoms. The maximum Gasteiger partial charge on any atom is 0.407 e. The first-order valence-electron chi connectivity index (χ1n) is 6.07. The van der Waals surface area contributed by atoms with Gasteiger partial charge in [0.15, 0.2) is 0 Å². The number of carbonyl (C=O) groups excluding carboxylic acids is 2. The number of ether oxygens (including phenoxy) is 1. The molecular formula is C12H22N2O3. The van der Waals surface area contributed by atoms with Crippen molar-refractivity contribution in [2.24, 2.45) is 11.7 Å². The van der Waals surface area contributed by atoms with Gasteiger partial charge in [0.05, 0.1) is 0 Å². The van der Waals surface area contributed by atoms with Gasteiger partial charge < -0.3 is 15.8 Å². The summed E-state index contributed by atoms with van der Waals surface area (Å²) in [7, 11) is 0. The summed E-state index contributed by atoms with van der Waals surface area (Å²) in [5.41, 5.74) is 4.78. The number of rotatable bonds is 2. The third kappa shape index (κ3) is 5.06. The van der Waals surface area contributed by atoms with E-state index in [1.165, 1.54) is 0 Å². The molecule has 0 saturated heterocycles. The summed E-state index contributed by atoms with van der Waals surface area (Å²) in [6, 6.07) is -0.00361. The molecule has 1 fully saturated rings. The Hall–Kier alpha value is -1.26. The SMILES string of the molecule is CC(C)(C)OC(=O)N[C@@H]1CCC[C@@H](C(N)=O)C1. The topological polar surface area (TPSA) is 81.4 Å². The summed E-state index contributed by atoms with van der Waals surface area (Å²) in [6.45, 7) is 5.46. The Morgan fingerprint density at radius 2 is 1.94 bits per heavy atom. The van der Waals surface area contributed by atoms with Gasteiger partial charge in [-0.05, 0) is 40.0 Å². The summed E-state index contributed by atoms with van der Waals surface area (Å²) in [5.74, 6) is -0.399. The predicted molar refractivity (Wildman–Crippen MR) is 64.3 cm³/mol. The van der Waals surface area contributed by atoms with E-state index in [9.17, 15) is 9.59 Å². The second-order valence-electron chi connectivity index (χ2n) is 5.61. The van der Waals surface area contributed by atoms with Crippen LogP contribution in [0.25, 0.3) is 0 Å². The Morgan fingerprint density at radius 3 is 2.47 bits per heavy atom. The first kappa shape index (κ1) is 13.8. The number of carbonyl (C=O) groups is 2. The van der Waals surface area contributed by atoms with Gasteiger partial charge in [-0.3, -0.25) is 4.79 Å². The second-order valence-corrected chi connectivity index (χ2v) is 5.61. The van der Waals surface area contributed by atoms with Gasteiger partial charge in [-0.25, -0.2) is 4.79 Å². The Labute approximate surface area is 102 Å². The second kappa shape index (κ2) is 5.38. The lowest BCUT2D eigenvalue weighted by Crippen LogP contribution is -2.43. The van der Waals surface area contributed by atoms with Crippen LogP contribution in [-0.4, -0.2) is 23.6 Å². The van der Waals surface area contributed by atoms with Crippen LogP contribution in [-0.2, 0) is 9.53 Å². The highest BCUT2D eigenvalue weighted by Gasteiger charge is 2.27. The number of nitrogens with two attached hydrogens (primary N) is 1. The molecule has 0 aromatic carbocycles. The highest BCUT2D eigenvalue weighted by molar-refractivity contribution is 5.77. The maximum atomic E-state index is 11.6. The van der Waals surface area contributed by atoms with Crippen molar-refractivity contribution >= 4 is 12.0 Å². The molecule has 0 radical (unpaired) electrons. The minimum absolute atomic E-state index is 0.00361. The zero-order valence-electron chi connectivity index (χ0n) is 10.8. The van der Waals surface area contributed by atoms with Crippen molar-refractivity contribution in [3.05, 3.63) is 0 Å². The minimum Gasteiger partial charge on any atom is -0.444 e. The molecule has 0 heterocycles. The van der Waals surface area contributed by atoms with E-state index in [0.29, 0.717) is 6.42 Å². The molecule has 0 aliphatic heterocycles. The van der Waals surface area contributed by atoms with Gasteiger partial charge in [0.25, 0.3) is 0 Å². The van der Waals surface area contributed by atoms with Crippen LogP contribution in [0.15, 0.2) is 0 Å². The molecule has 3 N–H and O–H groups in total. The van der Waals surface area contributed by atoms with E-state index in [1.807, 2.05) is 20.8 Å². The van der Waals surface area contributed by atoms with Crippen LogP contribution in [0.4, 0.5) is 4.79 Å². The number of nitrogens with one attached hydrogen (secondary N) is 1. The lowest BCUT2D eigenvalue weighted by Gasteiger charge is -2.29. The van der Waals surface area contributed by atoms with E-state index >= 15 is 0 Å². The quantitative estimate of drug-likeness (QED) is 0.771. The zero-order chi connectivity index (χ0) is 13.1. The summed E-state index contributed by atoms with van der Waals surface area (Å²) in [6.07, 6.45) is 2.81. The molecule has 2 atom stereocenters. The number of primary amides is 1. The van der Waals surface area contributed by atoms with E-state index in [0.717, 1.165) is 19.3 Å². The van der Waals surface area contributed by atoms with E-state index in [4.69, 9.17) is 10.5 Å². The largest absolute Gasteiger partial charge is 0.444 e. The first-order valence-corrected chi connectivity index (χ1v) is 6.07. The lowest BCUT2D eigenvalue weighted by atomic mass is 9.85. The highest BCUT2D eigenvalue weighted by Crippen LogP contribution is 2.24. The van der Waals surface area contributed by atoms with Gasteiger partial charge >= 0.3 is 6.09 Å². The molecular weight excluding hydrogens is 220 g/mol. The minimum atomic E-state index is -0.498. The Kier molecular flexibility index (Phi) is 4.37. The fraction of sp³-hybridized carbons (Fsp3) is 0.833. The number of amides is 2. The molecule has 1 saturated carbocycles. The molecule has 98 valence electrons. The van der Waals surface area contributed by atoms with Crippen LogP contribution in [0.2, 0.25) is 0 Å². The van der Waals surface area contributed by atoms with Crippen molar-refractivity contribution in [3.8, 4) is 0 Å². The van der Waals surface area contributed by atoms with Crippen LogP contribution in [0.1, 0.15) is 46.5 Å². The van der Waals surface area contributed by atoms with Gasteiger partial charge in [-0.1, -0.05) is 6.42 Å². The molecule has 0 aromatic heterocycles. The van der Waals surface area contributed by atoms with Gasteiger partial charge in [0.1, 0.15) is 5.60 Å². The molecule has 0 unspecified atom stereocenters. The van der Waals surface area contributed by atoms with Crippen molar-refractivity contribution < 1.29 is 14.3 Å². The Balaban J connectivity index is 2.41. The third-order valence-corrected chi connectivity index (χ3v) is 2.80. The summed E-state index contributed by atoms with van der Waals surface area (Å²) < 4.78 is 5.17. The Bertz CT molecular complexity index is 297. The van der Waals surface area contributed by atoms with E-state index in [2.05, 4.69) is 5.32 Å². The average Bonchev–Trinajstić information content (AvgIpc) is 2.14. The summed E-state index contributed by atoms with van der Waals surface area (Å²) in [5, 5.41) is 2.79. The van der Waals surface area contributed by atoms with Gasteiger partial charge in [-0.15, -0.1) is 0 Å². The van der Waals surface area contributed by atoms with E-state index in [-0.39, 0.29) is 17.9 Å². The van der Waals surface area contributed by atoms with Gasteiger partial charge in [-0.2, -0.15) is 0 Å². The summed E-state index contributed by atoms with van der Waals surface area (Å²) >= 11 is 0. The zero-order valence-corrected chi connectivity index (χ0v) is 10.8. The van der Waals surface area contributed by atoms with Gasteiger partial charge in [0, 0.05) is 12.0 Å². The molecule has 17 heavy (non-hydrogen) atoms. The van der Waals surface area contributed by atoms with Crippen molar-refractivity contribution in [2.75, 3.05) is 0 Å². The molecule has 1 rings (SSSR count). The molecule has 1 aliphatic carbocycles. The normalized spacial score (nSPS) is 25.1. The fourth-order valence-electron chi connectivity index (χ4n) is 2.05. The maximum absolute atomic E-state index is 11.6. The smallest absolute Gasteiger partial charge is 0.407 e. The lowest BCUT2D eigenvalue weighted by molar-refractivity contribution is -0.122. The molecule has 1 aliphatic rings. The van der Waals surface area contributed by atoms with Gasteiger partial charge in [0.2, 0.25) is 5.91 Å². The summed E-state index contributed by atoms with van der Waals surface area (Å²) in [4.78, 5) is 22.6. The first-order chi connectivity index (χ1) is 7.78. The van der Waals surface area contributed by atoms with Crippen LogP contribution in [0.3, 0.4) is 0 Å². The third-order valence-electron chi connectivity index (χ3n) is 2.80. The number of hydrogen-bond donors (Lipinski definition) is 2. The van der Waals surface area contributed by atoms with Crippen LogP contribution in [0, 0.1) is 5.92 Å². The van der Waals surface area contributed by atoms with Crippen LogP contribution >= 0.6 is 0 Å². The molecule has 2 amide bonds. The monoisotopic (exact) mass is 242 g/mol. The highest BCUT2D eigenvalue weighted by atomic mass is 16.6. The number of hydrogen-bond acceptors (Lipinski definition) is 3. The van der Waals surface area contributed by atoms with Crippen LogP contribution in [0.5, 0.6) is 0 Å². The van der Waals surface area contributed by atoms with Crippen molar-refractivity contribution in [2.45, 2.75) is 58.1 Å². The van der Waals surface area contributed by atoms with E-state index in [1.54, 1.807) is 0 Å². The Morgan fingerprint density at radius 1 is 1.29 bits per heavy atom. The molecule has 0 aromatic rings. The van der Waals surface area contributed by atoms with Crippen molar-refractivity contribution in [1.82, 2.24) is 5.32 Å². The molecule has 5 heteroatoms. The average molecular weight is 242 g/mol. The number of alkyl carbamates (subject to hydrolysis) is 1. The standard InChI is InChI=1S/C12H22N2O3/c1-12(2,3)17-11(16)14-9-6-4-5-8(7-9)10(13)15/h8-9H,4-7H2,1-3H3,(H2,13,15)(H,14,16)/t8-,9-/m1/s1. The molecule has 5 nitrogen and oxygen atoms in total. The van der Waals surface area contributed by atoms with Crippen molar-refractivity contribution in [1.29, 1.82) is 0 Å². The van der Waals surface area contributed by atoms with E-state index < -0.39 is 11.7 Å². The van der Waals surface area contributed by atoms with Crippen LogP contribution < -0.4 is 11.1 Å². The fourth-order valence-corrected chi connectivity index (χ4v) is 2.05. The predicted octanol–water partition coefficient (Wildman–Crippen LogP) is 1.56.